The number of aldehydes is 1. The first-order chi connectivity index (χ1) is 8.83. The van der Waals surface area contributed by atoms with E-state index in [2.05, 4.69) is 22.6 Å². The van der Waals surface area contributed by atoms with Gasteiger partial charge in [0.1, 0.15) is 5.60 Å². The van der Waals surface area contributed by atoms with E-state index in [1.165, 1.54) is 10.8 Å². The second-order valence-corrected chi connectivity index (χ2v) is 6.35. The van der Waals surface area contributed by atoms with Gasteiger partial charge in [0, 0.05) is 20.7 Å². The van der Waals surface area contributed by atoms with Crippen molar-refractivity contribution < 1.29 is 14.3 Å². The quantitative estimate of drug-likeness (QED) is 0.565. The summed E-state index contributed by atoms with van der Waals surface area (Å²) in [5.74, 6) is 0. The van der Waals surface area contributed by atoms with Crippen LogP contribution in [-0.2, 0) is 4.74 Å². The Morgan fingerprint density at radius 1 is 1.37 bits per heavy atom. The predicted octanol–water partition coefficient (Wildman–Crippen LogP) is 3.84. The molecule has 0 saturated carbocycles. The van der Waals surface area contributed by atoms with Crippen molar-refractivity contribution in [2.24, 2.45) is 0 Å². The summed E-state index contributed by atoms with van der Waals surface area (Å²) < 4.78 is 7.65. The molecule has 0 aliphatic carbocycles. The first kappa shape index (κ1) is 14.0. The van der Waals surface area contributed by atoms with E-state index in [1.807, 2.05) is 12.1 Å². The van der Waals surface area contributed by atoms with Gasteiger partial charge in [0.2, 0.25) is 0 Å². The second-order valence-electron chi connectivity index (χ2n) is 5.19. The van der Waals surface area contributed by atoms with Gasteiger partial charge in [0.25, 0.3) is 0 Å². The highest BCUT2D eigenvalue weighted by molar-refractivity contribution is 14.1. The number of halogens is 1. The number of rotatable bonds is 1. The third kappa shape index (κ3) is 2.80. The van der Waals surface area contributed by atoms with Crippen LogP contribution in [-0.4, -0.2) is 22.5 Å². The molecule has 0 N–H and O–H groups in total. The van der Waals surface area contributed by atoms with Crippen molar-refractivity contribution in [2.45, 2.75) is 26.4 Å². The molecule has 19 heavy (non-hydrogen) atoms. The Hall–Kier alpha value is -1.37. The SMILES string of the molecule is CC(C)(C)OC(=O)n1cc(C=O)c2c(I)cccc21. The Morgan fingerprint density at radius 3 is 2.63 bits per heavy atom. The van der Waals surface area contributed by atoms with Crippen molar-refractivity contribution in [1.29, 1.82) is 0 Å². The summed E-state index contributed by atoms with van der Waals surface area (Å²) in [5.41, 5.74) is 0.603. The molecule has 0 atom stereocenters. The molecular formula is C14H14INO3. The van der Waals surface area contributed by atoms with E-state index in [9.17, 15) is 9.59 Å². The van der Waals surface area contributed by atoms with Crippen molar-refractivity contribution in [3.05, 3.63) is 33.5 Å². The lowest BCUT2D eigenvalue weighted by Crippen LogP contribution is -2.26. The molecule has 0 radical (unpaired) electrons. The van der Waals surface area contributed by atoms with E-state index in [0.717, 1.165) is 15.2 Å². The first-order valence-corrected chi connectivity index (χ1v) is 6.89. The molecule has 0 spiro atoms. The van der Waals surface area contributed by atoms with Crippen molar-refractivity contribution >= 4 is 45.9 Å². The molecule has 1 heterocycles. The highest BCUT2D eigenvalue weighted by atomic mass is 127. The summed E-state index contributed by atoms with van der Waals surface area (Å²) in [5, 5.41) is 0.781. The summed E-state index contributed by atoms with van der Waals surface area (Å²) in [4.78, 5) is 23.3. The van der Waals surface area contributed by atoms with Gasteiger partial charge in [-0.25, -0.2) is 4.79 Å². The number of nitrogens with zero attached hydrogens (tertiary/aromatic N) is 1. The maximum Gasteiger partial charge on any atom is 0.419 e. The fourth-order valence-corrected chi connectivity index (χ4v) is 2.62. The zero-order chi connectivity index (χ0) is 14.2. The van der Waals surface area contributed by atoms with Crippen molar-refractivity contribution in [3.63, 3.8) is 0 Å². The highest BCUT2D eigenvalue weighted by Crippen LogP contribution is 2.26. The standard InChI is InChI=1S/C14H14INO3/c1-14(2,3)19-13(18)16-7-9(8-17)12-10(15)5-4-6-11(12)16/h4-8H,1-3H3. The number of ether oxygens (including phenoxy) is 1. The van der Waals surface area contributed by atoms with Crippen LogP contribution in [0.15, 0.2) is 24.4 Å². The van der Waals surface area contributed by atoms with Crippen molar-refractivity contribution in [2.75, 3.05) is 0 Å². The lowest BCUT2D eigenvalue weighted by molar-refractivity contribution is 0.0544. The smallest absolute Gasteiger partial charge is 0.419 e. The number of benzene rings is 1. The first-order valence-electron chi connectivity index (χ1n) is 5.81. The number of carbonyl (C=O) groups is 2. The molecule has 0 unspecified atom stereocenters. The Labute approximate surface area is 124 Å². The van der Waals surface area contributed by atoms with Crippen LogP contribution in [0.3, 0.4) is 0 Å². The predicted molar refractivity (Wildman–Crippen MR) is 81.7 cm³/mol. The van der Waals surface area contributed by atoms with Crippen LogP contribution in [0, 0.1) is 3.57 Å². The molecule has 0 amide bonds. The number of carbonyl (C=O) groups excluding carboxylic acids is 2. The zero-order valence-corrected chi connectivity index (χ0v) is 13.1. The molecule has 0 bridgehead atoms. The van der Waals surface area contributed by atoms with E-state index in [4.69, 9.17) is 4.74 Å². The van der Waals surface area contributed by atoms with Crippen molar-refractivity contribution in [3.8, 4) is 0 Å². The van der Waals surface area contributed by atoms with Gasteiger partial charge >= 0.3 is 6.09 Å². The van der Waals surface area contributed by atoms with E-state index >= 15 is 0 Å². The molecule has 0 aliphatic rings. The molecule has 0 aliphatic heterocycles. The normalized spacial score (nSPS) is 11.6. The second kappa shape index (κ2) is 4.96. The maximum absolute atomic E-state index is 12.1. The monoisotopic (exact) mass is 371 g/mol. The number of hydrogen-bond donors (Lipinski definition) is 0. The zero-order valence-electron chi connectivity index (χ0n) is 10.9. The minimum atomic E-state index is -0.572. The maximum atomic E-state index is 12.1. The van der Waals surface area contributed by atoms with Gasteiger partial charge in [-0.2, -0.15) is 0 Å². The van der Waals surface area contributed by atoms with Crippen LogP contribution < -0.4 is 0 Å². The minimum absolute atomic E-state index is 0.479. The van der Waals surface area contributed by atoms with Crippen molar-refractivity contribution in [1.82, 2.24) is 4.57 Å². The molecular weight excluding hydrogens is 357 g/mol. The fourth-order valence-electron chi connectivity index (χ4n) is 1.82. The van der Waals surface area contributed by atoms with Crippen LogP contribution >= 0.6 is 22.6 Å². The fraction of sp³-hybridized carbons (Fsp3) is 0.286. The Kier molecular flexibility index (Phi) is 3.66. The lowest BCUT2D eigenvalue weighted by atomic mass is 10.2. The van der Waals surface area contributed by atoms with Crippen LogP contribution in [0.25, 0.3) is 10.9 Å². The molecule has 100 valence electrons. The summed E-state index contributed by atoms with van der Waals surface area (Å²) in [6.07, 6.45) is 1.80. The van der Waals surface area contributed by atoms with Gasteiger partial charge in [-0.15, -0.1) is 0 Å². The Balaban J connectivity index is 2.59. The Bertz CT molecular complexity index is 652. The number of fused-ring (bicyclic) bond motifs is 1. The van der Waals surface area contributed by atoms with Gasteiger partial charge in [-0.05, 0) is 55.5 Å². The third-order valence-electron chi connectivity index (χ3n) is 2.53. The third-order valence-corrected chi connectivity index (χ3v) is 3.42. The molecule has 0 saturated heterocycles. The summed E-state index contributed by atoms with van der Waals surface area (Å²) in [7, 11) is 0. The van der Waals surface area contributed by atoms with Crippen LogP contribution in [0.1, 0.15) is 31.1 Å². The average Bonchev–Trinajstić information content (AvgIpc) is 2.67. The van der Waals surface area contributed by atoms with E-state index in [-0.39, 0.29) is 0 Å². The van der Waals surface area contributed by atoms with Crippen LogP contribution in [0.2, 0.25) is 0 Å². The minimum Gasteiger partial charge on any atom is -0.443 e. The average molecular weight is 371 g/mol. The van der Waals surface area contributed by atoms with Gasteiger partial charge in [-0.3, -0.25) is 9.36 Å². The van der Waals surface area contributed by atoms with Gasteiger partial charge in [-0.1, -0.05) is 6.07 Å². The summed E-state index contributed by atoms with van der Waals surface area (Å²) in [6.45, 7) is 5.42. The molecule has 1 aromatic carbocycles. The van der Waals surface area contributed by atoms with E-state index < -0.39 is 11.7 Å². The van der Waals surface area contributed by atoms with E-state index in [1.54, 1.807) is 26.8 Å². The summed E-state index contributed by atoms with van der Waals surface area (Å²) >= 11 is 2.15. The topological polar surface area (TPSA) is 48.3 Å². The Morgan fingerprint density at radius 2 is 2.05 bits per heavy atom. The number of hydrogen-bond acceptors (Lipinski definition) is 3. The molecule has 0 fully saturated rings. The molecule has 2 rings (SSSR count). The van der Waals surface area contributed by atoms with Gasteiger partial charge in [0.15, 0.2) is 6.29 Å². The molecule has 5 heteroatoms. The number of aromatic nitrogens is 1. The largest absolute Gasteiger partial charge is 0.443 e. The van der Waals surface area contributed by atoms with Crippen LogP contribution in [0.4, 0.5) is 4.79 Å². The van der Waals surface area contributed by atoms with E-state index in [0.29, 0.717) is 11.1 Å². The lowest BCUT2D eigenvalue weighted by Gasteiger charge is -2.19. The summed E-state index contributed by atoms with van der Waals surface area (Å²) in [6, 6.07) is 5.54. The van der Waals surface area contributed by atoms with Gasteiger partial charge in [0.05, 0.1) is 5.52 Å². The van der Waals surface area contributed by atoms with Crippen LogP contribution in [0.5, 0.6) is 0 Å². The molecule has 1 aromatic heterocycles. The highest BCUT2D eigenvalue weighted by Gasteiger charge is 2.21. The molecule has 2 aromatic rings. The van der Waals surface area contributed by atoms with Gasteiger partial charge < -0.3 is 4.74 Å². The molecule has 4 nitrogen and oxygen atoms in total.